The average Bonchev–Trinajstić information content (AvgIpc) is 2.39. The SMILES string of the molecule is CCCCC(C(=O)OC)C1(O)CCC(CC)CC1. The normalized spacial score (nSPS) is 29.9. The van der Waals surface area contributed by atoms with Gasteiger partial charge in [0.05, 0.1) is 18.6 Å². The Bertz CT molecular complexity index is 254. The summed E-state index contributed by atoms with van der Waals surface area (Å²) in [7, 11) is 1.42. The lowest BCUT2D eigenvalue weighted by Gasteiger charge is -2.40. The summed E-state index contributed by atoms with van der Waals surface area (Å²) in [6, 6.07) is 0. The quantitative estimate of drug-likeness (QED) is 0.742. The van der Waals surface area contributed by atoms with Crippen LogP contribution < -0.4 is 0 Å². The van der Waals surface area contributed by atoms with Crippen LogP contribution in [0.2, 0.25) is 0 Å². The highest BCUT2D eigenvalue weighted by molar-refractivity contribution is 5.73. The molecule has 0 spiro atoms. The Hall–Kier alpha value is -0.570. The predicted molar refractivity (Wildman–Crippen MR) is 72.2 cm³/mol. The number of rotatable bonds is 6. The number of ether oxygens (including phenoxy) is 1. The van der Waals surface area contributed by atoms with E-state index in [1.165, 1.54) is 13.5 Å². The maximum atomic E-state index is 11.9. The third-order valence-electron chi connectivity index (χ3n) is 4.53. The molecule has 18 heavy (non-hydrogen) atoms. The fourth-order valence-corrected chi connectivity index (χ4v) is 3.09. The van der Waals surface area contributed by atoms with Gasteiger partial charge in [-0.1, -0.05) is 33.1 Å². The summed E-state index contributed by atoms with van der Waals surface area (Å²) < 4.78 is 4.88. The number of unbranched alkanes of at least 4 members (excludes halogenated alkanes) is 1. The standard InChI is InChI=1S/C15H28O3/c1-4-6-7-13(14(16)18-3)15(17)10-8-12(5-2)9-11-15/h12-13,17H,4-11H2,1-3H3. The third-order valence-corrected chi connectivity index (χ3v) is 4.53. The van der Waals surface area contributed by atoms with Crippen LogP contribution in [0.1, 0.15) is 65.2 Å². The smallest absolute Gasteiger partial charge is 0.311 e. The van der Waals surface area contributed by atoms with E-state index in [1.807, 2.05) is 0 Å². The highest BCUT2D eigenvalue weighted by Crippen LogP contribution is 2.40. The van der Waals surface area contributed by atoms with E-state index < -0.39 is 5.60 Å². The number of hydrogen-bond donors (Lipinski definition) is 1. The zero-order valence-corrected chi connectivity index (χ0v) is 12.1. The fourth-order valence-electron chi connectivity index (χ4n) is 3.09. The lowest BCUT2D eigenvalue weighted by Crippen LogP contribution is -2.45. The van der Waals surface area contributed by atoms with E-state index in [1.54, 1.807) is 0 Å². The van der Waals surface area contributed by atoms with E-state index in [2.05, 4.69) is 13.8 Å². The molecule has 0 aromatic carbocycles. The first-order valence-corrected chi connectivity index (χ1v) is 7.37. The van der Waals surface area contributed by atoms with E-state index in [0.717, 1.165) is 50.9 Å². The monoisotopic (exact) mass is 256 g/mol. The molecule has 1 aliphatic carbocycles. The van der Waals surface area contributed by atoms with Crippen LogP contribution in [0.15, 0.2) is 0 Å². The molecule has 0 aromatic heterocycles. The van der Waals surface area contributed by atoms with Gasteiger partial charge in [0.25, 0.3) is 0 Å². The minimum atomic E-state index is -0.825. The zero-order chi connectivity index (χ0) is 13.6. The molecule has 106 valence electrons. The van der Waals surface area contributed by atoms with Crippen LogP contribution in [0.4, 0.5) is 0 Å². The molecular formula is C15H28O3. The molecule has 1 fully saturated rings. The molecule has 0 aromatic rings. The second kappa shape index (κ2) is 7.13. The van der Waals surface area contributed by atoms with Gasteiger partial charge in [-0.2, -0.15) is 0 Å². The topological polar surface area (TPSA) is 46.5 Å². The van der Waals surface area contributed by atoms with Crippen LogP contribution in [-0.4, -0.2) is 23.8 Å². The summed E-state index contributed by atoms with van der Waals surface area (Å²) in [6.45, 7) is 4.30. The molecule has 0 radical (unpaired) electrons. The molecule has 1 atom stereocenters. The maximum Gasteiger partial charge on any atom is 0.311 e. The van der Waals surface area contributed by atoms with E-state index in [9.17, 15) is 9.90 Å². The van der Waals surface area contributed by atoms with Crippen molar-refractivity contribution < 1.29 is 14.6 Å². The molecule has 1 saturated carbocycles. The first-order chi connectivity index (χ1) is 8.57. The fraction of sp³-hybridized carbons (Fsp3) is 0.933. The predicted octanol–water partition coefficient (Wildman–Crippen LogP) is 3.30. The first kappa shape index (κ1) is 15.5. The number of carbonyl (C=O) groups is 1. The largest absolute Gasteiger partial charge is 0.469 e. The van der Waals surface area contributed by atoms with Gasteiger partial charge in [-0.05, 0) is 38.0 Å². The van der Waals surface area contributed by atoms with Crippen molar-refractivity contribution in [3.05, 3.63) is 0 Å². The van der Waals surface area contributed by atoms with Gasteiger partial charge in [0.1, 0.15) is 0 Å². The van der Waals surface area contributed by atoms with E-state index in [4.69, 9.17) is 4.74 Å². The first-order valence-electron chi connectivity index (χ1n) is 7.37. The van der Waals surface area contributed by atoms with Crippen molar-refractivity contribution in [3.63, 3.8) is 0 Å². The van der Waals surface area contributed by atoms with Crippen LogP contribution >= 0.6 is 0 Å². The summed E-state index contributed by atoms with van der Waals surface area (Å²) in [5.74, 6) is 0.149. The summed E-state index contributed by atoms with van der Waals surface area (Å²) >= 11 is 0. The summed E-state index contributed by atoms with van der Waals surface area (Å²) in [5, 5.41) is 10.8. The van der Waals surface area contributed by atoms with Crippen molar-refractivity contribution >= 4 is 5.97 Å². The van der Waals surface area contributed by atoms with Gasteiger partial charge in [0, 0.05) is 0 Å². The highest BCUT2D eigenvalue weighted by atomic mass is 16.5. The Morgan fingerprint density at radius 1 is 1.39 bits per heavy atom. The molecule has 1 aliphatic rings. The van der Waals surface area contributed by atoms with Crippen LogP contribution in [0.3, 0.4) is 0 Å². The van der Waals surface area contributed by atoms with Gasteiger partial charge in [-0.25, -0.2) is 0 Å². The zero-order valence-electron chi connectivity index (χ0n) is 12.1. The molecule has 1 rings (SSSR count). The van der Waals surface area contributed by atoms with E-state index in [0.29, 0.717) is 0 Å². The van der Waals surface area contributed by atoms with Crippen molar-refractivity contribution in [1.29, 1.82) is 0 Å². The van der Waals surface area contributed by atoms with Gasteiger partial charge in [0.15, 0.2) is 0 Å². The van der Waals surface area contributed by atoms with Gasteiger partial charge < -0.3 is 9.84 Å². The molecule has 0 bridgehead atoms. The lowest BCUT2D eigenvalue weighted by atomic mass is 9.70. The number of hydrogen-bond acceptors (Lipinski definition) is 3. The Labute approximate surface area is 111 Å². The molecule has 0 aliphatic heterocycles. The van der Waals surface area contributed by atoms with Crippen LogP contribution in [0, 0.1) is 11.8 Å². The lowest BCUT2D eigenvalue weighted by molar-refractivity contribution is -0.160. The summed E-state index contributed by atoms with van der Waals surface area (Å²) in [5.41, 5.74) is -0.825. The Morgan fingerprint density at radius 3 is 2.44 bits per heavy atom. The molecular weight excluding hydrogens is 228 g/mol. The van der Waals surface area contributed by atoms with Crippen molar-refractivity contribution in [1.82, 2.24) is 0 Å². The Morgan fingerprint density at radius 2 is 2.00 bits per heavy atom. The number of esters is 1. The second-order valence-electron chi connectivity index (χ2n) is 5.67. The van der Waals surface area contributed by atoms with E-state index in [-0.39, 0.29) is 11.9 Å². The molecule has 0 saturated heterocycles. The van der Waals surface area contributed by atoms with Crippen molar-refractivity contribution in [2.75, 3.05) is 7.11 Å². The summed E-state index contributed by atoms with van der Waals surface area (Å²) in [6.07, 6.45) is 7.49. The second-order valence-corrected chi connectivity index (χ2v) is 5.67. The minimum Gasteiger partial charge on any atom is -0.469 e. The minimum absolute atomic E-state index is 0.235. The van der Waals surface area contributed by atoms with Crippen molar-refractivity contribution in [3.8, 4) is 0 Å². The highest BCUT2D eigenvalue weighted by Gasteiger charge is 2.43. The summed E-state index contributed by atoms with van der Waals surface area (Å²) in [4.78, 5) is 11.9. The average molecular weight is 256 g/mol. The molecule has 3 heteroatoms. The molecule has 1 N–H and O–H groups in total. The number of carbonyl (C=O) groups excluding carboxylic acids is 1. The Balaban J connectivity index is 2.68. The maximum absolute atomic E-state index is 11.9. The van der Waals surface area contributed by atoms with E-state index >= 15 is 0 Å². The van der Waals surface area contributed by atoms with Crippen molar-refractivity contribution in [2.45, 2.75) is 70.8 Å². The number of aliphatic hydroxyl groups is 1. The molecule has 3 nitrogen and oxygen atoms in total. The van der Waals surface area contributed by atoms with Crippen LogP contribution in [-0.2, 0) is 9.53 Å². The van der Waals surface area contributed by atoms with Crippen molar-refractivity contribution in [2.24, 2.45) is 11.8 Å². The van der Waals surface area contributed by atoms with Gasteiger partial charge in [-0.15, -0.1) is 0 Å². The van der Waals surface area contributed by atoms with Crippen LogP contribution in [0.5, 0.6) is 0 Å². The van der Waals surface area contributed by atoms with Gasteiger partial charge in [0.2, 0.25) is 0 Å². The van der Waals surface area contributed by atoms with Gasteiger partial charge in [-0.3, -0.25) is 4.79 Å². The van der Waals surface area contributed by atoms with Crippen LogP contribution in [0.25, 0.3) is 0 Å². The Kier molecular flexibility index (Phi) is 6.13. The molecule has 0 amide bonds. The van der Waals surface area contributed by atoms with Gasteiger partial charge >= 0.3 is 5.97 Å². The number of methoxy groups -OCH3 is 1. The third kappa shape index (κ3) is 3.71. The molecule has 0 heterocycles. The molecule has 1 unspecified atom stereocenters.